The SMILES string of the molecule is Nc1ccc(NC(=O)Cc2cscn2)cc1. The quantitative estimate of drug-likeness (QED) is 0.796. The lowest BCUT2D eigenvalue weighted by molar-refractivity contribution is -0.115. The molecule has 0 saturated heterocycles. The van der Waals surface area contributed by atoms with Gasteiger partial charge < -0.3 is 11.1 Å². The summed E-state index contributed by atoms with van der Waals surface area (Å²) in [6.07, 6.45) is 0.299. The fraction of sp³-hybridized carbons (Fsp3) is 0.0909. The number of carbonyl (C=O) groups excluding carboxylic acids is 1. The van der Waals surface area contributed by atoms with Crippen molar-refractivity contribution in [1.29, 1.82) is 0 Å². The molecular formula is C11H11N3OS. The molecule has 0 saturated carbocycles. The van der Waals surface area contributed by atoms with Crippen molar-refractivity contribution in [1.82, 2.24) is 4.98 Å². The monoisotopic (exact) mass is 233 g/mol. The zero-order valence-corrected chi connectivity index (χ0v) is 9.33. The lowest BCUT2D eigenvalue weighted by atomic mass is 10.2. The molecule has 1 amide bonds. The summed E-state index contributed by atoms with van der Waals surface area (Å²) in [7, 11) is 0. The van der Waals surface area contributed by atoms with Crippen molar-refractivity contribution in [2.24, 2.45) is 0 Å². The standard InChI is InChI=1S/C11H11N3OS/c12-8-1-3-9(4-2-8)14-11(15)5-10-6-16-7-13-10/h1-4,6-7H,5,12H2,(H,14,15). The predicted molar refractivity (Wildman–Crippen MR) is 65.3 cm³/mol. The van der Waals surface area contributed by atoms with Crippen LogP contribution in [-0.2, 0) is 11.2 Å². The molecule has 0 bridgehead atoms. The Morgan fingerprint density at radius 1 is 1.38 bits per heavy atom. The predicted octanol–water partition coefficient (Wildman–Crippen LogP) is 1.91. The van der Waals surface area contributed by atoms with Crippen LogP contribution in [0.3, 0.4) is 0 Å². The summed E-state index contributed by atoms with van der Waals surface area (Å²) in [5, 5.41) is 4.64. The molecule has 0 unspecified atom stereocenters. The fourth-order valence-corrected chi connectivity index (χ4v) is 1.82. The molecule has 82 valence electrons. The molecule has 5 heteroatoms. The molecule has 3 N–H and O–H groups in total. The highest BCUT2D eigenvalue weighted by Gasteiger charge is 2.05. The maximum Gasteiger partial charge on any atom is 0.230 e. The molecule has 0 aliphatic heterocycles. The Hall–Kier alpha value is -1.88. The third-order valence-electron chi connectivity index (χ3n) is 2.02. The van der Waals surface area contributed by atoms with Gasteiger partial charge in [-0.25, -0.2) is 4.98 Å². The van der Waals surface area contributed by atoms with Gasteiger partial charge in [-0.15, -0.1) is 11.3 Å². The van der Waals surface area contributed by atoms with Gasteiger partial charge in [0.2, 0.25) is 5.91 Å². The molecule has 2 rings (SSSR count). The van der Waals surface area contributed by atoms with E-state index in [1.165, 1.54) is 11.3 Å². The van der Waals surface area contributed by atoms with Crippen LogP contribution < -0.4 is 11.1 Å². The molecule has 0 radical (unpaired) electrons. The topological polar surface area (TPSA) is 68.0 Å². The Balaban J connectivity index is 1.95. The first kappa shape index (κ1) is 10.6. The molecular weight excluding hydrogens is 222 g/mol. The lowest BCUT2D eigenvalue weighted by Gasteiger charge is -2.03. The molecule has 1 heterocycles. The number of carbonyl (C=O) groups is 1. The summed E-state index contributed by atoms with van der Waals surface area (Å²) in [4.78, 5) is 15.6. The van der Waals surface area contributed by atoms with Crippen LogP contribution in [0.25, 0.3) is 0 Å². The average molecular weight is 233 g/mol. The van der Waals surface area contributed by atoms with Crippen LogP contribution in [0.2, 0.25) is 0 Å². The van der Waals surface area contributed by atoms with Gasteiger partial charge in [0.15, 0.2) is 0 Å². The highest BCUT2D eigenvalue weighted by molar-refractivity contribution is 7.07. The van der Waals surface area contributed by atoms with E-state index in [0.717, 1.165) is 11.4 Å². The van der Waals surface area contributed by atoms with Gasteiger partial charge in [0.25, 0.3) is 0 Å². The van der Waals surface area contributed by atoms with Crippen molar-refractivity contribution >= 4 is 28.6 Å². The number of nitrogens with two attached hydrogens (primary N) is 1. The number of thiazole rings is 1. The van der Waals surface area contributed by atoms with Gasteiger partial charge in [0.05, 0.1) is 17.6 Å². The van der Waals surface area contributed by atoms with E-state index in [2.05, 4.69) is 10.3 Å². The first-order valence-electron chi connectivity index (χ1n) is 4.76. The Labute approximate surface area is 97.1 Å². The van der Waals surface area contributed by atoms with Gasteiger partial charge in [0, 0.05) is 16.8 Å². The van der Waals surface area contributed by atoms with E-state index in [9.17, 15) is 4.79 Å². The molecule has 1 aromatic carbocycles. The Kier molecular flexibility index (Phi) is 3.16. The van der Waals surface area contributed by atoms with Gasteiger partial charge in [0.1, 0.15) is 0 Å². The zero-order chi connectivity index (χ0) is 11.4. The van der Waals surface area contributed by atoms with Gasteiger partial charge in [-0.1, -0.05) is 0 Å². The number of amides is 1. The fourth-order valence-electron chi connectivity index (χ4n) is 1.26. The Bertz CT molecular complexity index is 464. The zero-order valence-electron chi connectivity index (χ0n) is 8.51. The summed E-state index contributed by atoms with van der Waals surface area (Å²) >= 11 is 1.48. The molecule has 0 aliphatic rings. The minimum absolute atomic E-state index is 0.0735. The third kappa shape index (κ3) is 2.80. The maximum atomic E-state index is 11.6. The van der Waals surface area contributed by atoms with Gasteiger partial charge >= 0.3 is 0 Å². The van der Waals surface area contributed by atoms with Crippen LogP contribution in [0.15, 0.2) is 35.2 Å². The number of benzene rings is 1. The van der Waals surface area contributed by atoms with Crippen molar-refractivity contribution in [2.75, 3.05) is 11.1 Å². The van der Waals surface area contributed by atoms with Crippen LogP contribution >= 0.6 is 11.3 Å². The largest absolute Gasteiger partial charge is 0.399 e. The van der Waals surface area contributed by atoms with Crippen molar-refractivity contribution in [3.8, 4) is 0 Å². The van der Waals surface area contributed by atoms with Crippen molar-refractivity contribution < 1.29 is 4.79 Å². The van der Waals surface area contributed by atoms with Crippen molar-refractivity contribution in [2.45, 2.75) is 6.42 Å². The number of nitrogens with one attached hydrogen (secondary N) is 1. The molecule has 16 heavy (non-hydrogen) atoms. The molecule has 0 fully saturated rings. The average Bonchev–Trinajstić information content (AvgIpc) is 2.74. The summed E-state index contributed by atoms with van der Waals surface area (Å²) in [6.45, 7) is 0. The highest BCUT2D eigenvalue weighted by atomic mass is 32.1. The number of nitrogen functional groups attached to an aromatic ring is 1. The number of aromatic nitrogens is 1. The second kappa shape index (κ2) is 4.76. The van der Waals surface area contributed by atoms with Gasteiger partial charge in [-0.2, -0.15) is 0 Å². The highest BCUT2D eigenvalue weighted by Crippen LogP contribution is 2.11. The Morgan fingerprint density at radius 3 is 2.75 bits per heavy atom. The van der Waals surface area contributed by atoms with E-state index < -0.39 is 0 Å². The second-order valence-corrected chi connectivity index (χ2v) is 4.05. The van der Waals surface area contributed by atoms with Gasteiger partial charge in [-0.3, -0.25) is 4.79 Å². The smallest absolute Gasteiger partial charge is 0.230 e. The van der Waals surface area contributed by atoms with Crippen LogP contribution in [0.5, 0.6) is 0 Å². The molecule has 0 atom stereocenters. The molecule has 0 aliphatic carbocycles. The summed E-state index contributed by atoms with van der Waals surface area (Å²) in [5.41, 5.74) is 9.47. The molecule has 1 aromatic heterocycles. The molecule has 4 nitrogen and oxygen atoms in total. The third-order valence-corrected chi connectivity index (χ3v) is 2.65. The van der Waals surface area contributed by atoms with Crippen LogP contribution in [0.1, 0.15) is 5.69 Å². The second-order valence-electron chi connectivity index (χ2n) is 3.33. The maximum absolute atomic E-state index is 11.6. The van der Waals surface area contributed by atoms with Crippen LogP contribution in [0.4, 0.5) is 11.4 Å². The first-order valence-corrected chi connectivity index (χ1v) is 5.71. The minimum Gasteiger partial charge on any atom is -0.399 e. The van der Waals surface area contributed by atoms with Gasteiger partial charge in [-0.05, 0) is 24.3 Å². The molecule has 0 spiro atoms. The summed E-state index contributed by atoms with van der Waals surface area (Å²) < 4.78 is 0. The minimum atomic E-state index is -0.0735. The normalized spacial score (nSPS) is 10.0. The van der Waals surface area contributed by atoms with Crippen LogP contribution in [-0.4, -0.2) is 10.9 Å². The number of hydrogen-bond donors (Lipinski definition) is 2. The van der Waals surface area contributed by atoms with E-state index in [4.69, 9.17) is 5.73 Å². The summed E-state index contributed by atoms with van der Waals surface area (Å²) in [5.74, 6) is -0.0735. The summed E-state index contributed by atoms with van der Waals surface area (Å²) in [6, 6.07) is 7.04. The van der Waals surface area contributed by atoms with E-state index >= 15 is 0 Å². The number of rotatable bonds is 3. The lowest BCUT2D eigenvalue weighted by Crippen LogP contribution is -2.14. The Morgan fingerprint density at radius 2 is 2.12 bits per heavy atom. The van der Waals surface area contributed by atoms with E-state index in [1.807, 2.05) is 5.38 Å². The number of nitrogens with zero attached hydrogens (tertiary/aromatic N) is 1. The first-order chi connectivity index (χ1) is 7.74. The van der Waals surface area contributed by atoms with Crippen molar-refractivity contribution in [3.05, 3.63) is 40.8 Å². The molecule has 2 aromatic rings. The van der Waals surface area contributed by atoms with E-state index in [-0.39, 0.29) is 5.91 Å². The number of anilines is 2. The number of hydrogen-bond acceptors (Lipinski definition) is 4. The van der Waals surface area contributed by atoms with E-state index in [0.29, 0.717) is 12.1 Å². The van der Waals surface area contributed by atoms with Crippen LogP contribution in [0, 0.1) is 0 Å². The van der Waals surface area contributed by atoms with E-state index in [1.54, 1.807) is 29.8 Å². The van der Waals surface area contributed by atoms with Crippen molar-refractivity contribution in [3.63, 3.8) is 0 Å².